The van der Waals surface area contributed by atoms with E-state index in [9.17, 15) is 4.79 Å². The predicted molar refractivity (Wildman–Crippen MR) is 59.8 cm³/mol. The Bertz CT molecular complexity index is 519. The first-order valence-electron chi connectivity index (χ1n) is 5.08. The normalized spacial score (nSPS) is 10.8. The number of fused-ring (bicyclic) bond motifs is 1. The highest BCUT2D eigenvalue weighted by atomic mass is 16.4. The van der Waals surface area contributed by atoms with Crippen LogP contribution in [0.25, 0.3) is 5.52 Å². The first-order chi connectivity index (χ1) is 7.74. The van der Waals surface area contributed by atoms with Gasteiger partial charge in [-0.05, 0) is 19.2 Å². The van der Waals surface area contributed by atoms with Crippen molar-refractivity contribution in [2.45, 2.75) is 6.42 Å². The van der Waals surface area contributed by atoms with Crippen LogP contribution in [0.15, 0.2) is 24.4 Å². The van der Waals surface area contributed by atoms with E-state index in [0.717, 1.165) is 12.4 Å². The first-order valence-corrected chi connectivity index (χ1v) is 5.08. The Hall–Kier alpha value is -1.88. The number of hydrogen-bond acceptors (Lipinski definition) is 3. The molecular weight excluding hydrogens is 206 g/mol. The number of nitrogens with one attached hydrogen (secondary N) is 1. The van der Waals surface area contributed by atoms with Crippen LogP contribution in [-0.4, -0.2) is 34.1 Å². The van der Waals surface area contributed by atoms with Gasteiger partial charge >= 0.3 is 5.97 Å². The highest BCUT2D eigenvalue weighted by molar-refractivity contribution is 5.93. The Morgan fingerprint density at radius 3 is 3.06 bits per heavy atom. The molecule has 2 N–H and O–H groups in total. The van der Waals surface area contributed by atoms with Gasteiger partial charge in [-0.1, -0.05) is 6.07 Å². The summed E-state index contributed by atoms with van der Waals surface area (Å²) < 4.78 is 1.82. The van der Waals surface area contributed by atoms with Crippen LogP contribution in [0.1, 0.15) is 16.3 Å². The maximum Gasteiger partial charge on any atom is 0.356 e. The third-order valence-electron chi connectivity index (χ3n) is 2.42. The number of rotatable bonds is 4. The maximum absolute atomic E-state index is 11.0. The molecule has 2 heterocycles. The van der Waals surface area contributed by atoms with Gasteiger partial charge in [-0.15, -0.1) is 0 Å². The fourth-order valence-corrected chi connectivity index (χ4v) is 1.67. The van der Waals surface area contributed by atoms with E-state index in [-0.39, 0.29) is 5.69 Å². The summed E-state index contributed by atoms with van der Waals surface area (Å²) in [4.78, 5) is 15.2. The van der Waals surface area contributed by atoms with Gasteiger partial charge in [-0.2, -0.15) is 0 Å². The minimum absolute atomic E-state index is 0.117. The highest BCUT2D eigenvalue weighted by Crippen LogP contribution is 2.13. The van der Waals surface area contributed by atoms with E-state index in [1.54, 1.807) is 6.07 Å². The molecule has 0 aromatic carbocycles. The van der Waals surface area contributed by atoms with Gasteiger partial charge in [-0.25, -0.2) is 9.78 Å². The monoisotopic (exact) mass is 219 g/mol. The van der Waals surface area contributed by atoms with E-state index in [2.05, 4.69) is 10.3 Å². The molecule has 2 aromatic heterocycles. The van der Waals surface area contributed by atoms with Crippen molar-refractivity contribution < 1.29 is 9.90 Å². The third kappa shape index (κ3) is 1.77. The lowest BCUT2D eigenvalue weighted by Crippen LogP contribution is -2.12. The number of hydrogen-bond donors (Lipinski definition) is 2. The lowest BCUT2D eigenvalue weighted by molar-refractivity contribution is 0.0693. The molecule has 2 aromatic rings. The second-order valence-electron chi connectivity index (χ2n) is 3.49. The van der Waals surface area contributed by atoms with Crippen molar-refractivity contribution in [3.63, 3.8) is 0 Å². The number of carboxylic acid groups (broad SMARTS) is 1. The van der Waals surface area contributed by atoms with Crippen molar-refractivity contribution in [1.29, 1.82) is 0 Å². The van der Waals surface area contributed by atoms with Gasteiger partial charge < -0.3 is 14.8 Å². The van der Waals surface area contributed by atoms with Gasteiger partial charge in [0.05, 0.1) is 5.52 Å². The second-order valence-corrected chi connectivity index (χ2v) is 3.49. The highest BCUT2D eigenvalue weighted by Gasteiger charge is 2.15. The summed E-state index contributed by atoms with van der Waals surface area (Å²) in [6.07, 6.45) is 2.54. The van der Waals surface area contributed by atoms with Gasteiger partial charge in [-0.3, -0.25) is 0 Å². The van der Waals surface area contributed by atoms with E-state index in [0.29, 0.717) is 11.9 Å². The fourth-order valence-electron chi connectivity index (χ4n) is 1.67. The molecular formula is C11H13N3O2. The summed E-state index contributed by atoms with van der Waals surface area (Å²) >= 11 is 0. The molecule has 16 heavy (non-hydrogen) atoms. The summed E-state index contributed by atoms with van der Waals surface area (Å²) in [5.74, 6) is -0.221. The number of aromatic nitrogens is 2. The summed E-state index contributed by atoms with van der Waals surface area (Å²) in [6, 6.07) is 5.44. The number of nitrogens with zero attached hydrogens (tertiary/aromatic N) is 2. The molecule has 0 saturated carbocycles. The van der Waals surface area contributed by atoms with Gasteiger partial charge in [0.25, 0.3) is 0 Å². The van der Waals surface area contributed by atoms with Crippen LogP contribution in [0.4, 0.5) is 0 Å². The zero-order valence-electron chi connectivity index (χ0n) is 8.97. The van der Waals surface area contributed by atoms with Crippen molar-refractivity contribution in [3.8, 4) is 0 Å². The maximum atomic E-state index is 11.0. The van der Waals surface area contributed by atoms with Crippen molar-refractivity contribution in [2.24, 2.45) is 0 Å². The van der Waals surface area contributed by atoms with E-state index < -0.39 is 5.97 Å². The van der Waals surface area contributed by atoms with Crippen molar-refractivity contribution >= 4 is 11.5 Å². The van der Waals surface area contributed by atoms with E-state index in [1.807, 2.05) is 29.8 Å². The topological polar surface area (TPSA) is 66.6 Å². The van der Waals surface area contributed by atoms with Crippen molar-refractivity contribution in [3.05, 3.63) is 35.9 Å². The number of pyridine rings is 1. The lowest BCUT2D eigenvalue weighted by Gasteiger charge is -1.99. The minimum Gasteiger partial charge on any atom is -0.476 e. The number of imidazole rings is 1. The predicted octanol–water partition coefficient (Wildman–Crippen LogP) is 0.794. The lowest BCUT2D eigenvalue weighted by atomic mass is 10.3. The zero-order valence-corrected chi connectivity index (χ0v) is 8.97. The Morgan fingerprint density at radius 1 is 1.56 bits per heavy atom. The number of aromatic carboxylic acids is 1. The first kappa shape index (κ1) is 10.6. The zero-order chi connectivity index (χ0) is 11.5. The van der Waals surface area contributed by atoms with Gasteiger partial charge in [0.2, 0.25) is 0 Å². The number of likely N-dealkylation sites (N-methyl/N-ethyl adjacent to an activating group) is 1. The molecule has 5 nitrogen and oxygen atoms in total. The van der Waals surface area contributed by atoms with Gasteiger partial charge in [0.15, 0.2) is 5.69 Å². The fraction of sp³-hybridized carbons (Fsp3) is 0.273. The Kier molecular flexibility index (Phi) is 2.87. The summed E-state index contributed by atoms with van der Waals surface area (Å²) in [5.41, 5.74) is 0.757. The minimum atomic E-state index is -0.987. The third-order valence-corrected chi connectivity index (χ3v) is 2.42. The van der Waals surface area contributed by atoms with Crippen LogP contribution < -0.4 is 5.32 Å². The van der Waals surface area contributed by atoms with Crippen LogP contribution in [0, 0.1) is 0 Å². The molecule has 0 saturated heterocycles. The summed E-state index contributed by atoms with van der Waals surface area (Å²) in [6.45, 7) is 0.771. The molecule has 0 bridgehead atoms. The largest absolute Gasteiger partial charge is 0.476 e. The van der Waals surface area contributed by atoms with Crippen LogP contribution in [-0.2, 0) is 6.42 Å². The van der Waals surface area contributed by atoms with Gasteiger partial charge in [0.1, 0.15) is 5.82 Å². The molecule has 2 rings (SSSR count). The van der Waals surface area contributed by atoms with Gasteiger partial charge in [0, 0.05) is 19.2 Å². The SMILES string of the molecule is CNCCc1nc(C(=O)O)c2ccccn12. The Morgan fingerprint density at radius 2 is 2.38 bits per heavy atom. The standard InChI is InChI=1S/C11H13N3O2/c1-12-6-5-9-13-10(11(15)16)8-4-2-3-7-14(8)9/h2-4,7,12H,5-6H2,1H3,(H,15,16). The Labute approximate surface area is 92.7 Å². The van der Waals surface area contributed by atoms with Crippen LogP contribution >= 0.6 is 0 Å². The van der Waals surface area contributed by atoms with E-state index in [1.165, 1.54) is 0 Å². The quantitative estimate of drug-likeness (QED) is 0.798. The molecule has 0 spiro atoms. The average molecular weight is 219 g/mol. The van der Waals surface area contributed by atoms with Crippen molar-refractivity contribution in [2.75, 3.05) is 13.6 Å². The smallest absolute Gasteiger partial charge is 0.356 e. The molecule has 0 aliphatic rings. The molecule has 0 aliphatic carbocycles. The number of carbonyl (C=O) groups is 1. The average Bonchev–Trinajstić information content (AvgIpc) is 2.65. The van der Waals surface area contributed by atoms with Crippen LogP contribution in [0.3, 0.4) is 0 Å². The summed E-state index contributed by atoms with van der Waals surface area (Å²) in [5, 5.41) is 12.0. The van der Waals surface area contributed by atoms with Crippen molar-refractivity contribution in [1.82, 2.24) is 14.7 Å². The summed E-state index contributed by atoms with van der Waals surface area (Å²) in [7, 11) is 1.86. The van der Waals surface area contributed by atoms with E-state index in [4.69, 9.17) is 5.11 Å². The van der Waals surface area contributed by atoms with Crippen LogP contribution in [0.2, 0.25) is 0 Å². The Balaban J connectivity index is 2.53. The molecule has 0 atom stereocenters. The van der Waals surface area contributed by atoms with Crippen LogP contribution in [0.5, 0.6) is 0 Å². The molecule has 0 unspecified atom stereocenters. The number of carboxylic acids is 1. The molecule has 5 heteroatoms. The second kappa shape index (κ2) is 4.32. The van der Waals surface area contributed by atoms with E-state index >= 15 is 0 Å². The molecule has 0 radical (unpaired) electrons. The molecule has 0 aliphatic heterocycles. The molecule has 0 amide bonds. The molecule has 84 valence electrons. The molecule has 0 fully saturated rings.